The van der Waals surface area contributed by atoms with Crippen LogP contribution in [-0.4, -0.2) is 16.0 Å². The van der Waals surface area contributed by atoms with Crippen molar-refractivity contribution in [3.8, 4) is 0 Å². The van der Waals surface area contributed by atoms with Gasteiger partial charge >= 0.3 is 0 Å². The number of hydrogen-bond donors (Lipinski definition) is 2. The smallest absolute Gasteiger partial charge is 0.208 e. The minimum absolute atomic E-state index is 0.0660. The van der Waals surface area contributed by atoms with Crippen LogP contribution in [0.5, 0.6) is 0 Å². The fourth-order valence-electron chi connectivity index (χ4n) is 1.20. The number of H-pyrrole nitrogens is 1. The Labute approximate surface area is 84.8 Å². The summed E-state index contributed by atoms with van der Waals surface area (Å²) in [5.41, 5.74) is 6.98. The first-order valence-electron chi connectivity index (χ1n) is 4.08. The van der Waals surface area contributed by atoms with Crippen LogP contribution >= 0.6 is 11.3 Å². The van der Waals surface area contributed by atoms with E-state index in [-0.39, 0.29) is 5.78 Å². The molecule has 72 valence electrons. The van der Waals surface area contributed by atoms with Gasteiger partial charge in [-0.1, -0.05) is 0 Å². The van der Waals surface area contributed by atoms with Crippen LogP contribution in [0.3, 0.4) is 0 Å². The van der Waals surface area contributed by atoms with E-state index in [0.29, 0.717) is 11.4 Å². The zero-order valence-corrected chi connectivity index (χ0v) is 8.39. The molecule has 0 amide bonds. The number of anilines is 1. The molecule has 3 N–H and O–H groups in total. The summed E-state index contributed by atoms with van der Waals surface area (Å²) in [6.45, 7) is 1.90. The topological polar surface area (TPSA) is 71.8 Å². The normalized spacial score (nSPS) is 10.4. The van der Waals surface area contributed by atoms with Gasteiger partial charge in [-0.3, -0.25) is 9.89 Å². The van der Waals surface area contributed by atoms with Crippen LogP contribution in [0.2, 0.25) is 0 Å². The van der Waals surface area contributed by atoms with E-state index in [1.807, 2.05) is 18.4 Å². The van der Waals surface area contributed by atoms with Gasteiger partial charge < -0.3 is 5.73 Å². The maximum Gasteiger partial charge on any atom is 0.208 e. The van der Waals surface area contributed by atoms with E-state index in [0.717, 1.165) is 10.4 Å². The van der Waals surface area contributed by atoms with E-state index in [1.54, 1.807) is 0 Å². The number of nitrogens with zero attached hydrogens (tertiary/aromatic N) is 1. The van der Waals surface area contributed by atoms with Crippen LogP contribution in [-0.2, 0) is 0 Å². The van der Waals surface area contributed by atoms with Crippen LogP contribution in [0.4, 0.5) is 5.82 Å². The molecule has 0 aliphatic heterocycles. The quantitative estimate of drug-likeness (QED) is 0.734. The largest absolute Gasteiger partial charge is 0.383 e. The lowest BCUT2D eigenvalue weighted by Gasteiger charge is -1.96. The van der Waals surface area contributed by atoms with Gasteiger partial charge in [0.15, 0.2) is 0 Å². The Morgan fingerprint density at radius 1 is 1.64 bits per heavy atom. The number of hydrogen-bond acceptors (Lipinski definition) is 4. The van der Waals surface area contributed by atoms with Crippen LogP contribution in [0.15, 0.2) is 17.6 Å². The highest BCUT2D eigenvalue weighted by molar-refractivity contribution is 7.12. The molecule has 2 rings (SSSR count). The van der Waals surface area contributed by atoms with Gasteiger partial charge in [0.25, 0.3) is 0 Å². The first kappa shape index (κ1) is 8.96. The number of aryl methyl sites for hydroxylation is 1. The molecule has 0 fully saturated rings. The average molecular weight is 207 g/mol. The SMILES string of the molecule is Cc1ccsc1C(=O)c1cn[nH]c1N. The summed E-state index contributed by atoms with van der Waals surface area (Å²) in [4.78, 5) is 12.6. The van der Waals surface area contributed by atoms with E-state index in [4.69, 9.17) is 5.73 Å². The predicted octanol–water partition coefficient (Wildman–Crippen LogP) is 1.59. The van der Waals surface area contributed by atoms with E-state index in [2.05, 4.69) is 10.2 Å². The van der Waals surface area contributed by atoms with Crippen LogP contribution < -0.4 is 5.73 Å². The highest BCUT2D eigenvalue weighted by atomic mass is 32.1. The fraction of sp³-hybridized carbons (Fsp3) is 0.111. The van der Waals surface area contributed by atoms with Gasteiger partial charge in [-0.2, -0.15) is 5.10 Å². The minimum atomic E-state index is -0.0660. The average Bonchev–Trinajstić information content (AvgIpc) is 2.73. The first-order chi connectivity index (χ1) is 6.70. The minimum Gasteiger partial charge on any atom is -0.383 e. The Morgan fingerprint density at radius 2 is 2.43 bits per heavy atom. The molecule has 0 bridgehead atoms. The number of nitrogens with one attached hydrogen (secondary N) is 1. The van der Waals surface area contributed by atoms with Crippen LogP contribution in [0.1, 0.15) is 20.8 Å². The van der Waals surface area contributed by atoms with Crippen molar-refractivity contribution in [1.29, 1.82) is 0 Å². The highest BCUT2D eigenvalue weighted by Gasteiger charge is 2.16. The van der Waals surface area contributed by atoms with Crippen LogP contribution in [0, 0.1) is 6.92 Å². The van der Waals surface area contributed by atoms with Gasteiger partial charge in [-0.05, 0) is 23.9 Å². The molecule has 0 aromatic carbocycles. The van der Waals surface area contributed by atoms with Gasteiger partial charge in [-0.15, -0.1) is 11.3 Å². The molecule has 2 aromatic rings. The number of nitrogen functional groups attached to an aromatic ring is 1. The van der Waals surface area contributed by atoms with Gasteiger partial charge in [0, 0.05) is 0 Å². The molecule has 0 spiro atoms. The van der Waals surface area contributed by atoms with Crippen LogP contribution in [0.25, 0.3) is 0 Å². The van der Waals surface area contributed by atoms with Gasteiger partial charge in [0.1, 0.15) is 5.82 Å². The Hall–Kier alpha value is -1.62. The molecule has 0 aliphatic carbocycles. The zero-order valence-electron chi connectivity index (χ0n) is 7.57. The number of carbonyl (C=O) groups is 1. The summed E-state index contributed by atoms with van der Waals surface area (Å²) in [6.07, 6.45) is 1.46. The molecule has 0 saturated carbocycles. The summed E-state index contributed by atoms with van der Waals surface area (Å²) in [5.74, 6) is 0.256. The third-order valence-electron chi connectivity index (χ3n) is 1.98. The highest BCUT2D eigenvalue weighted by Crippen LogP contribution is 2.21. The molecular weight excluding hydrogens is 198 g/mol. The van der Waals surface area contributed by atoms with Crippen molar-refractivity contribution in [2.45, 2.75) is 6.92 Å². The van der Waals surface area contributed by atoms with E-state index >= 15 is 0 Å². The predicted molar refractivity (Wildman–Crippen MR) is 55.5 cm³/mol. The molecule has 0 atom stereocenters. The number of aromatic nitrogens is 2. The fourth-order valence-corrected chi connectivity index (χ4v) is 2.08. The van der Waals surface area contributed by atoms with Crippen molar-refractivity contribution in [1.82, 2.24) is 10.2 Å². The van der Waals surface area contributed by atoms with Crippen molar-refractivity contribution >= 4 is 22.9 Å². The van der Waals surface area contributed by atoms with Crippen molar-refractivity contribution in [2.24, 2.45) is 0 Å². The Balaban J connectivity index is 2.44. The molecule has 5 heteroatoms. The standard InChI is InChI=1S/C9H9N3OS/c1-5-2-3-14-8(5)7(13)6-4-11-12-9(6)10/h2-4H,1H3,(H3,10,11,12). The number of thiophene rings is 1. The molecular formula is C9H9N3OS. The summed E-state index contributed by atoms with van der Waals surface area (Å²) < 4.78 is 0. The molecule has 4 nitrogen and oxygen atoms in total. The molecule has 2 heterocycles. The summed E-state index contributed by atoms with van der Waals surface area (Å²) in [5, 5.41) is 8.15. The second-order valence-corrected chi connectivity index (χ2v) is 3.88. The maximum absolute atomic E-state index is 11.9. The van der Waals surface area contributed by atoms with E-state index < -0.39 is 0 Å². The van der Waals surface area contributed by atoms with E-state index in [9.17, 15) is 4.79 Å². The van der Waals surface area contributed by atoms with Gasteiger partial charge in [0.05, 0.1) is 16.6 Å². The number of carbonyl (C=O) groups excluding carboxylic acids is 1. The first-order valence-corrected chi connectivity index (χ1v) is 4.95. The number of aromatic amines is 1. The molecule has 0 saturated heterocycles. The molecule has 14 heavy (non-hydrogen) atoms. The van der Waals surface area contributed by atoms with Gasteiger partial charge in [0.2, 0.25) is 5.78 Å². The summed E-state index contributed by atoms with van der Waals surface area (Å²) >= 11 is 1.42. The Kier molecular flexibility index (Phi) is 2.09. The molecule has 0 aliphatic rings. The Morgan fingerprint density at radius 3 is 2.93 bits per heavy atom. The summed E-state index contributed by atoms with van der Waals surface area (Å²) in [7, 11) is 0. The number of rotatable bonds is 2. The van der Waals surface area contributed by atoms with Crippen molar-refractivity contribution < 1.29 is 4.79 Å². The van der Waals surface area contributed by atoms with E-state index in [1.165, 1.54) is 17.5 Å². The lowest BCUT2D eigenvalue weighted by molar-refractivity contribution is 0.104. The monoisotopic (exact) mass is 207 g/mol. The number of nitrogens with two attached hydrogens (primary N) is 1. The molecule has 0 radical (unpaired) electrons. The molecule has 2 aromatic heterocycles. The maximum atomic E-state index is 11.9. The summed E-state index contributed by atoms with van der Waals surface area (Å²) in [6, 6.07) is 1.91. The van der Waals surface area contributed by atoms with Gasteiger partial charge in [-0.25, -0.2) is 0 Å². The lowest BCUT2D eigenvalue weighted by Crippen LogP contribution is -2.02. The second-order valence-electron chi connectivity index (χ2n) is 2.96. The zero-order chi connectivity index (χ0) is 10.1. The third kappa shape index (κ3) is 1.31. The van der Waals surface area contributed by atoms with Crippen molar-refractivity contribution in [3.63, 3.8) is 0 Å². The van der Waals surface area contributed by atoms with Crippen molar-refractivity contribution in [2.75, 3.05) is 5.73 Å². The lowest BCUT2D eigenvalue weighted by atomic mass is 10.1. The number of ketones is 1. The second kappa shape index (κ2) is 3.26. The van der Waals surface area contributed by atoms with Crippen molar-refractivity contribution in [3.05, 3.63) is 33.6 Å². The molecule has 0 unspecified atom stereocenters. The third-order valence-corrected chi connectivity index (χ3v) is 3.00. The Bertz CT molecular complexity index is 430.